The molecule has 1 aromatic carbocycles. The molecular weight excluding hydrogens is 384 g/mol. The third kappa shape index (κ3) is 4.31. The molecule has 1 heterocycles. The number of amides is 2. The minimum Gasteiger partial charge on any atom is -0.353 e. The normalized spacial score (nSPS) is 33.6. The van der Waals surface area contributed by atoms with Gasteiger partial charge in [0, 0.05) is 31.1 Å². The fourth-order valence-corrected chi connectivity index (χ4v) is 7.39. The molecule has 4 aliphatic carbocycles. The topological polar surface area (TPSA) is 49.4 Å². The van der Waals surface area contributed by atoms with E-state index in [1.165, 1.54) is 38.5 Å². The van der Waals surface area contributed by atoms with Crippen molar-refractivity contribution >= 4 is 17.9 Å². The van der Waals surface area contributed by atoms with Crippen LogP contribution in [0.25, 0.3) is 6.08 Å². The number of likely N-dealkylation sites (tertiary alicyclic amines) is 1. The monoisotopic (exact) mass is 420 g/mol. The van der Waals surface area contributed by atoms with Crippen LogP contribution in [0.3, 0.4) is 0 Å². The van der Waals surface area contributed by atoms with Gasteiger partial charge < -0.3 is 10.2 Å². The second-order valence-corrected chi connectivity index (χ2v) is 10.9. The van der Waals surface area contributed by atoms with Crippen molar-refractivity contribution in [1.82, 2.24) is 10.2 Å². The molecule has 1 atom stereocenters. The summed E-state index contributed by atoms with van der Waals surface area (Å²) in [6.07, 6.45) is 13.3. The standard InChI is InChI=1S/C27H36N2O2/c1-19(27-16-21-13-22(17-27)15-23(14-21)18-27)28-26(31)24-9-11-29(12-10-24)25(30)8-7-20-5-3-2-4-6-20/h2-8,19,21-24H,9-18H2,1H3,(H,28,31)/b8-7+. The van der Waals surface area contributed by atoms with Gasteiger partial charge in [0.25, 0.3) is 0 Å². The average molecular weight is 421 g/mol. The molecular formula is C27H36N2O2. The lowest BCUT2D eigenvalue weighted by Gasteiger charge is -2.59. The van der Waals surface area contributed by atoms with Crippen LogP contribution in [0.2, 0.25) is 0 Å². The van der Waals surface area contributed by atoms with E-state index in [1.807, 2.05) is 41.3 Å². The van der Waals surface area contributed by atoms with Crippen molar-refractivity contribution in [2.45, 2.75) is 64.3 Å². The minimum atomic E-state index is 0.0403. The van der Waals surface area contributed by atoms with E-state index in [1.54, 1.807) is 6.08 Å². The van der Waals surface area contributed by atoms with Crippen molar-refractivity contribution in [3.05, 3.63) is 42.0 Å². The lowest BCUT2D eigenvalue weighted by Crippen LogP contribution is -2.56. The number of benzene rings is 1. The number of nitrogens with one attached hydrogen (secondary N) is 1. The largest absolute Gasteiger partial charge is 0.353 e. The number of carbonyl (C=O) groups is 2. The number of nitrogens with zero attached hydrogens (tertiary/aromatic N) is 1. The van der Waals surface area contributed by atoms with Gasteiger partial charge in [-0.3, -0.25) is 9.59 Å². The summed E-state index contributed by atoms with van der Waals surface area (Å²) in [5.74, 6) is 3.02. The quantitative estimate of drug-likeness (QED) is 0.705. The Balaban J connectivity index is 1.12. The molecule has 4 heteroatoms. The number of hydrogen-bond acceptors (Lipinski definition) is 2. The van der Waals surface area contributed by atoms with Crippen molar-refractivity contribution in [2.24, 2.45) is 29.1 Å². The van der Waals surface area contributed by atoms with Crippen LogP contribution in [0.1, 0.15) is 63.9 Å². The molecule has 4 bridgehead atoms. The van der Waals surface area contributed by atoms with Crippen molar-refractivity contribution in [1.29, 1.82) is 0 Å². The highest BCUT2D eigenvalue weighted by molar-refractivity contribution is 5.92. The summed E-state index contributed by atoms with van der Waals surface area (Å²) < 4.78 is 0. The molecule has 1 aromatic rings. The van der Waals surface area contributed by atoms with Gasteiger partial charge in [-0.25, -0.2) is 0 Å². The Kier molecular flexibility index (Phi) is 5.66. The smallest absolute Gasteiger partial charge is 0.246 e. The third-order valence-electron chi connectivity index (χ3n) is 8.76. The Bertz CT molecular complexity index is 803. The zero-order valence-corrected chi connectivity index (χ0v) is 18.8. The van der Waals surface area contributed by atoms with Gasteiger partial charge >= 0.3 is 0 Å². The van der Waals surface area contributed by atoms with Crippen LogP contribution in [-0.4, -0.2) is 35.8 Å². The van der Waals surface area contributed by atoms with Crippen LogP contribution >= 0.6 is 0 Å². The van der Waals surface area contributed by atoms with Gasteiger partial charge in [0.1, 0.15) is 0 Å². The summed E-state index contributed by atoms with van der Waals surface area (Å²) in [6.45, 7) is 3.60. The Labute approximate surface area is 186 Å². The maximum atomic E-state index is 13.1. The molecule has 1 aliphatic heterocycles. The number of hydrogen-bond donors (Lipinski definition) is 1. The highest BCUT2D eigenvalue weighted by Gasteiger charge is 2.53. The lowest BCUT2D eigenvalue weighted by molar-refractivity contribution is -0.134. The van der Waals surface area contributed by atoms with E-state index in [0.29, 0.717) is 18.5 Å². The SMILES string of the molecule is CC(NC(=O)C1CCN(C(=O)/C=C/c2ccccc2)CC1)C12CC3CC(CC(C3)C1)C2. The number of piperidine rings is 1. The second-order valence-electron chi connectivity index (χ2n) is 10.9. The first-order chi connectivity index (χ1) is 15.0. The van der Waals surface area contributed by atoms with E-state index < -0.39 is 0 Å². The number of rotatable bonds is 5. The zero-order valence-electron chi connectivity index (χ0n) is 18.8. The fraction of sp³-hybridized carbons (Fsp3) is 0.630. The lowest BCUT2D eigenvalue weighted by atomic mass is 9.48. The van der Waals surface area contributed by atoms with Crippen molar-refractivity contribution in [3.8, 4) is 0 Å². The summed E-state index contributed by atoms with van der Waals surface area (Å²) >= 11 is 0. The van der Waals surface area contributed by atoms with Gasteiger partial charge in [0.2, 0.25) is 11.8 Å². The molecule has 2 amide bonds. The summed E-state index contributed by atoms with van der Waals surface area (Å²) in [4.78, 5) is 27.5. The summed E-state index contributed by atoms with van der Waals surface area (Å²) in [5, 5.41) is 3.44. The molecule has 0 aromatic heterocycles. The minimum absolute atomic E-state index is 0.0403. The third-order valence-corrected chi connectivity index (χ3v) is 8.76. The van der Waals surface area contributed by atoms with Crippen molar-refractivity contribution in [2.75, 3.05) is 13.1 Å². The van der Waals surface area contributed by atoms with E-state index in [-0.39, 0.29) is 23.8 Å². The second kappa shape index (κ2) is 8.44. The van der Waals surface area contributed by atoms with Crippen LogP contribution in [0.15, 0.2) is 36.4 Å². The van der Waals surface area contributed by atoms with Crippen LogP contribution < -0.4 is 5.32 Å². The average Bonchev–Trinajstić information content (AvgIpc) is 2.77. The van der Waals surface area contributed by atoms with Crippen LogP contribution in [0, 0.1) is 29.1 Å². The van der Waals surface area contributed by atoms with E-state index in [2.05, 4.69) is 12.2 Å². The van der Waals surface area contributed by atoms with E-state index in [4.69, 9.17) is 0 Å². The molecule has 1 N–H and O–H groups in total. The van der Waals surface area contributed by atoms with Gasteiger partial charge in [-0.1, -0.05) is 30.3 Å². The van der Waals surface area contributed by atoms with Crippen LogP contribution in [0.5, 0.6) is 0 Å². The van der Waals surface area contributed by atoms with Gasteiger partial charge in [0.15, 0.2) is 0 Å². The molecule has 166 valence electrons. The van der Waals surface area contributed by atoms with Crippen LogP contribution in [-0.2, 0) is 9.59 Å². The Morgan fingerprint density at radius 3 is 2.16 bits per heavy atom. The highest BCUT2D eigenvalue weighted by atomic mass is 16.2. The predicted octanol–water partition coefficient (Wildman–Crippen LogP) is 4.66. The van der Waals surface area contributed by atoms with E-state index in [0.717, 1.165) is 36.2 Å². The van der Waals surface area contributed by atoms with E-state index in [9.17, 15) is 9.59 Å². The molecule has 6 rings (SSSR count). The molecule has 31 heavy (non-hydrogen) atoms. The highest BCUT2D eigenvalue weighted by Crippen LogP contribution is 2.61. The van der Waals surface area contributed by atoms with E-state index >= 15 is 0 Å². The maximum Gasteiger partial charge on any atom is 0.246 e. The van der Waals surface area contributed by atoms with Crippen LogP contribution in [0.4, 0.5) is 0 Å². The Hall–Kier alpha value is -2.10. The molecule has 5 fully saturated rings. The van der Waals surface area contributed by atoms with Gasteiger partial charge in [-0.2, -0.15) is 0 Å². The van der Waals surface area contributed by atoms with Gasteiger partial charge in [-0.15, -0.1) is 0 Å². The van der Waals surface area contributed by atoms with Gasteiger partial charge in [-0.05, 0) is 93.1 Å². The first-order valence-corrected chi connectivity index (χ1v) is 12.3. The maximum absolute atomic E-state index is 13.1. The molecule has 1 unspecified atom stereocenters. The fourth-order valence-electron chi connectivity index (χ4n) is 7.39. The first-order valence-electron chi connectivity index (χ1n) is 12.3. The van der Waals surface area contributed by atoms with Crippen molar-refractivity contribution in [3.63, 3.8) is 0 Å². The molecule has 1 saturated heterocycles. The number of carbonyl (C=O) groups excluding carboxylic acids is 2. The molecule has 5 aliphatic rings. The molecule has 4 nitrogen and oxygen atoms in total. The summed E-state index contributed by atoms with van der Waals surface area (Å²) in [5.41, 5.74) is 1.38. The van der Waals surface area contributed by atoms with Gasteiger partial charge in [0.05, 0.1) is 0 Å². The molecule has 0 spiro atoms. The molecule has 0 radical (unpaired) electrons. The summed E-state index contributed by atoms with van der Waals surface area (Å²) in [7, 11) is 0. The Morgan fingerprint density at radius 1 is 1.00 bits per heavy atom. The summed E-state index contributed by atoms with van der Waals surface area (Å²) in [6, 6.07) is 10.2. The molecule has 4 saturated carbocycles. The Morgan fingerprint density at radius 2 is 1.58 bits per heavy atom. The van der Waals surface area contributed by atoms with Crippen molar-refractivity contribution < 1.29 is 9.59 Å². The predicted molar refractivity (Wildman–Crippen MR) is 123 cm³/mol. The zero-order chi connectivity index (χ0) is 21.4. The first kappa shape index (κ1) is 20.8.